The lowest BCUT2D eigenvalue weighted by Gasteiger charge is -2.17. The first-order valence-corrected chi connectivity index (χ1v) is 9.91. The van der Waals surface area contributed by atoms with E-state index in [0.717, 1.165) is 16.9 Å². The number of benzene rings is 2. The van der Waals surface area contributed by atoms with Crippen LogP contribution in [-0.2, 0) is 11.2 Å². The molecule has 2 amide bonds. The third kappa shape index (κ3) is 4.44. The highest BCUT2D eigenvalue weighted by Gasteiger charge is 2.16. The molecule has 0 aliphatic carbocycles. The summed E-state index contributed by atoms with van der Waals surface area (Å²) in [5.41, 5.74) is 2.64. The summed E-state index contributed by atoms with van der Waals surface area (Å²) < 4.78 is 7.30. The molecule has 30 heavy (non-hydrogen) atoms. The Kier molecular flexibility index (Phi) is 5.67. The zero-order chi connectivity index (χ0) is 21.1. The highest BCUT2D eigenvalue weighted by atomic mass is 35.5. The number of hydrogen-bond donors (Lipinski definition) is 2. The summed E-state index contributed by atoms with van der Waals surface area (Å²) in [7, 11) is 0. The van der Waals surface area contributed by atoms with Crippen molar-refractivity contribution < 1.29 is 14.3 Å². The van der Waals surface area contributed by atoms with Gasteiger partial charge in [-0.05, 0) is 61.4 Å². The predicted octanol–water partition coefficient (Wildman–Crippen LogP) is 2.92. The second-order valence-electron chi connectivity index (χ2n) is 6.84. The molecule has 0 saturated heterocycles. The molecule has 1 aliphatic heterocycles. The Morgan fingerprint density at radius 3 is 2.83 bits per heavy atom. The molecule has 0 radical (unpaired) electrons. The van der Waals surface area contributed by atoms with Gasteiger partial charge in [0.05, 0.1) is 12.2 Å². The highest BCUT2D eigenvalue weighted by molar-refractivity contribution is 6.30. The van der Waals surface area contributed by atoms with Crippen LogP contribution in [0.5, 0.6) is 5.75 Å². The molecule has 4 rings (SSSR count). The molecule has 1 aliphatic rings. The maximum Gasteiger partial charge on any atom is 0.291 e. The van der Waals surface area contributed by atoms with E-state index < -0.39 is 0 Å². The SMILES string of the molecule is Cc1nc(C(=O)NCCOc2ccc3c(c2)CCC(=O)N3)nn1-c1ccc(Cl)cc1. The van der Waals surface area contributed by atoms with Gasteiger partial charge in [0, 0.05) is 17.1 Å². The largest absolute Gasteiger partial charge is 0.492 e. The zero-order valence-corrected chi connectivity index (χ0v) is 17.1. The highest BCUT2D eigenvalue weighted by Crippen LogP contribution is 2.26. The number of aryl methyl sites for hydroxylation is 2. The van der Waals surface area contributed by atoms with E-state index in [1.807, 2.05) is 24.3 Å². The van der Waals surface area contributed by atoms with Crippen LogP contribution in [0.15, 0.2) is 42.5 Å². The predicted molar refractivity (Wildman–Crippen MR) is 112 cm³/mol. The van der Waals surface area contributed by atoms with Crippen LogP contribution >= 0.6 is 11.6 Å². The van der Waals surface area contributed by atoms with Gasteiger partial charge in [-0.15, -0.1) is 5.10 Å². The van der Waals surface area contributed by atoms with Gasteiger partial charge in [-0.1, -0.05) is 11.6 Å². The minimum atomic E-state index is -0.373. The number of anilines is 1. The molecule has 3 aromatic rings. The van der Waals surface area contributed by atoms with Crippen LogP contribution in [0.4, 0.5) is 5.69 Å². The molecule has 0 fully saturated rings. The van der Waals surface area contributed by atoms with Crippen LogP contribution in [0.1, 0.15) is 28.4 Å². The van der Waals surface area contributed by atoms with Crippen LogP contribution in [0, 0.1) is 6.92 Å². The third-order valence-corrected chi connectivity index (χ3v) is 4.92. The number of halogens is 1. The molecule has 0 spiro atoms. The summed E-state index contributed by atoms with van der Waals surface area (Å²) in [6.45, 7) is 2.38. The van der Waals surface area contributed by atoms with Gasteiger partial charge in [-0.3, -0.25) is 9.59 Å². The number of hydrogen-bond acceptors (Lipinski definition) is 5. The van der Waals surface area contributed by atoms with Gasteiger partial charge in [-0.25, -0.2) is 9.67 Å². The smallest absolute Gasteiger partial charge is 0.291 e. The first kappa shape index (κ1) is 19.9. The Morgan fingerprint density at radius 2 is 2.03 bits per heavy atom. The van der Waals surface area contributed by atoms with Crippen molar-refractivity contribution in [1.29, 1.82) is 0 Å². The Labute approximate surface area is 178 Å². The topological polar surface area (TPSA) is 98.1 Å². The standard InChI is InChI=1S/C21H20ClN5O3/c1-13-24-20(26-27(13)16-5-3-15(22)4-6-16)21(29)23-10-11-30-17-7-8-18-14(12-17)2-9-19(28)25-18/h3-8,12H,2,9-11H2,1H3,(H,23,29)(H,25,28). The number of nitrogens with zero attached hydrogens (tertiary/aromatic N) is 3. The van der Waals surface area contributed by atoms with E-state index in [9.17, 15) is 9.59 Å². The summed E-state index contributed by atoms with van der Waals surface area (Å²) in [5, 5.41) is 10.5. The van der Waals surface area contributed by atoms with Crippen molar-refractivity contribution in [2.75, 3.05) is 18.5 Å². The maximum atomic E-state index is 12.4. The second-order valence-corrected chi connectivity index (χ2v) is 7.28. The number of carbonyl (C=O) groups excluding carboxylic acids is 2. The third-order valence-electron chi connectivity index (χ3n) is 4.67. The van der Waals surface area contributed by atoms with Gasteiger partial charge in [0.25, 0.3) is 5.91 Å². The van der Waals surface area contributed by atoms with E-state index >= 15 is 0 Å². The summed E-state index contributed by atoms with van der Waals surface area (Å²) in [4.78, 5) is 28.0. The number of nitrogens with one attached hydrogen (secondary N) is 2. The van der Waals surface area contributed by atoms with Crippen molar-refractivity contribution >= 4 is 29.1 Å². The first-order chi connectivity index (χ1) is 14.5. The van der Waals surface area contributed by atoms with Gasteiger partial charge in [0.1, 0.15) is 18.2 Å². The molecular formula is C21H20ClN5O3. The minimum Gasteiger partial charge on any atom is -0.492 e. The molecule has 2 heterocycles. The average Bonchev–Trinajstić information content (AvgIpc) is 3.13. The van der Waals surface area contributed by atoms with Crippen LogP contribution < -0.4 is 15.4 Å². The van der Waals surface area contributed by atoms with E-state index in [2.05, 4.69) is 20.7 Å². The number of ether oxygens (including phenoxy) is 1. The van der Waals surface area contributed by atoms with Crippen LogP contribution in [0.2, 0.25) is 5.02 Å². The molecule has 0 saturated carbocycles. The number of amides is 2. The van der Waals surface area contributed by atoms with Crippen LogP contribution in [0.25, 0.3) is 5.69 Å². The van der Waals surface area contributed by atoms with Crippen molar-refractivity contribution in [2.24, 2.45) is 0 Å². The zero-order valence-electron chi connectivity index (χ0n) is 16.3. The molecule has 0 unspecified atom stereocenters. The van der Waals surface area contributed by atoms with Gasteiger partial charge < -0.3 is 15.4 Å². The van der Waals surface area contributed by atoms with Crippen molar-refractivity contribution in [2.45, 2.75) is 19.8 Å². The lowest BCUT2D eigenvalue weighted by molar-refractivity contribution is -0.116. The molecule has 0 bridgehead atoms. The fourth-order valence-electron chi connectivity index (χ4n) is 3.18. The lowest BCUT2D eigenvalue weighted by Crippen LogP contribution is -2.29. The van der Waals surface area contributed by atoms with Crippen LogP contribution in [0.3, 0.4) is 0 Å². The molecule has 2 N–H and O–H groups in total. The molecule has 8 nitrogen and oxygen atoms in total. The molecular weight excluding hydrogens is 406 g/mol. The van der Waals surface area contributed by atoms with Crippen molar-refractivity contribution in [3.8, 4) is 11.4 Å². The van der Waals surface area contributed by atoms with Crippen LogP contribution in [-0.4, -0.2) is 39.7 Å². The average molecular weight is 426 g/mol. The molecule has 2 aromatic carbocycles. The van der Waals surface area contributed by atoms with Gasteiger partial charge in [0.15, 0.2) is 0 Å². The Hall–Kier alpha value is -3.39. The first-order valence-electron chi connectivity index (χ1n) is 9.53. The monoisotopic (exact) mass is 425 g/mol. The number of rotatable bonds is 6. The van der Waals surface area contributed by atoms with Crippen molar-refractivity contribution in [1.82, 2.24) is 20.1 Å². The van der Waals surface area contributed by atoms with Gasteiger partial charge >= 0.3 is 0 Å². The second kappa shape index (κ2) is 8.54. The van der Waals surface area contributed by atoms with Crippen molar-refractivity contribution in [3.05, 3.63) is 64.7 Å². The Morgan fingerprint density at radius 1 is 1.23 bits per heavy atom. The van der Waals surface area contributed by atoms with Gasteiger partial charge in [-0.2, -0.15) is 0 Å². The fraction of sp³-hybridized carbons (Fsp3) is 0.238. The summed E-state index contributed by atoms with van der Waals surface area (Å²) in [6.07, 6.45) is 1.16. The molecule has 154 valence electrons. The van der Waals surface area contributed by atoms with E-state index in [4.69, 9.17) is 16.3 Å². The molecule has 9 heteroatoms. The van der Waals surface area contributed by atoms with E-state index in [-0.39, 0.29) is 17.6 Å². The quantitative estimate of drug-likeness (QED) is 0.592. The Bertz CT molecular complexity index is 1090. The number of carbonyl (C=O) groups is 2. The normalized spacial score (nSPS) is 12.8. The fourth-order valence-corrected chi connectivity index (χ4v) is 3.30. The summed E-state index contributed by atoms with van der Waals surface area (Å²) in [6, 6.07) is 12.7. The molecule has 0 atom stereocenters. The number of aromatic nitrogens is 3. The lowest BCUT2D eigenvalue weighted by atomic mass is 10.0. The van der Waals surface area contributed by atoms with E-state index in [1.54, 1.807) is 29.8 Å². The summed E-state index contributed by atoms with van der Waals surface area (Å²) >= 11 is 5.91. The molecule has 1 aromatic heterocycles. The van der Waals surface area contributed by atoms with E-state index in [0.29, 0.717) is 42.6 Å². The van der Waals surface area contributed by atoms with E-state index in [1.165, 1.54) is 0 Å². The summed E-state index contributed by atoms with van der Waals surface area (Å²) in [5.74, 6) is 1.04. The minimum absolute atomic E-state index is 0.0289. The van der Waals surface area contributed by atoms with Crippen molar-refractivity contribution in [3.63, 3.8) is 0 Å². The number of fused-ring (bicyclic) bond motifs is 1. The maximum absolute atomic E-state index is 12.4. The van der Waals surface area contributed by atoms with Gasteiger partial charge in [0.2, 0.25) is 11.7 Å². The Balaban J connectivity index is 1.31.